The lowest BCUT2D eigenvalue weighted by molar-refractivity contribution is -0.279. The number of amides is 6. The van der Waals surface area contributed by atoms with E-state index in [1.165, 1.54) is 20.8 Å². The monoisotopic (exact) mass is 1630 g/mol. The molecule has 15 atom stereocenters. The van der Waals surface area contributed by atoms with Gasteiger partial charge in [-0.05, 0) is 19.3 Å². The van der Waals surface area contributed by atoms with Gasteiger partial charge in [-0.2, -0.15) is 0 Å². The average molecular weight is 1630 g/mol. The molecule has 0 aromatic heterocycles. The molecule has 3 aliphatic rings. The summed E-state index contributed by atoms with van der Waals surface area (Å²) in [5, 5.41) is 16.1. The highest BCUT2D eigenvalue weighted by molar-refractivity contribution is 5.78. The van der Waals surface area contributed by atoms with Gasteiger partial charge in [-0.25, -0.2) is 0 Å². The van der Waals surface area contributed by atoms with Crippen molar-refractivity contribution >= 4 is 89.2 Å². The average Bonchev–Trinajstić information content (AvgIpc) is 0.793. The molecule has 14 unspecified atom stereocenters. The van der Waals surface area contributed by atoms with E-state index >= 15 is 0 Å². The van der Waals surface area contributed by atoms with Gasteiger partial charge in [0.15, 0.2) is 55.5 Å². The quantitative estimate of drug-likeness (QED) is 0.0176. The standard InChI is InChI=1S/C70H113N7O36/c1-40(78)75-58-64(108-49(10)87)61(105-46(7)84)52(37-102-43(4)81)111-67(58)99-34-31-96-28-25-93-22-19-72-55(90)13-16-70(71,17-14-56(91)73-20-23-94-26-29-97-32-35-100-68-59(76-41(2)79)65(109-50(11)88)62(106-47(8)85)53(112-68)38-103-44(5)82)18-15-57(92)74-21-24-95-27-30-98-33-36-101-69-60(77-42(3)80)66(110-51(12)89)63(107-48(9)86)54(113-69)39-104-45(6)83/h52-54,58-69H,13-39,71H2,1-12H3,(H,72,90)(H,73,91)(H,74,92)(H,75,78)(H,76,79)(H,77,80)/t52?,53?,54?,58-,59?,60?,61?,62?,63?,64?,65?,66?,67?,68?,69?,70?/m0/s1. The first-order valence-electron chi connectivity index (χ1n) is 36.7. The molecule has 644 valence electrons. The SMILES string of the molecule is CC(=O)NC1C(OCCOCCOCCNC(=O)CCC(N)(CCC(=O)NCCOCCOCCOC2OC(COC(C)=O)C(OC(C)=O)C(OC(C)=O)C2NC(C)=O)CCC(=O)NCCOCCOCCOC2OC(COC(C)=O)C(OC(C)=O)C(OC(C)=O)[C@@H]2NC(C)=O)OC(COC(C)=O)C(OC(C)=O)C1OC(C)=O. The molecule has 0 bridgehead atoms. The molecule has 3 rings (SSSR count). The van der Waals surface area contributed by atoms with Crippen LogP contribution in [0.5, 0.6) is 0 Å². The van der Waals surface area contributed by atoms with Gasteiger partial charge in [0.25, 0.3) is 0 Å². The van der Waals surface area contributed by atoms with E-state index in [1.807, 2.05) is 0 Å². The third kappa shape index (κ3) is 41.9. The third-order valence-corrected chi connectivity index (χ3v) is 16.1. The molecule has 3 fully saturated rings. The Hall–Kier alpha value is -8.47. The topological polar surface area (TPSA) is 548 Å². The highest BCUT2D eigenvalue weighted by atomic mass is 16.7. The summed E-state index contributed by atoms with van der Waals surface area (Å²) in [6, 6.07) is -3.51. The van der Waals surface area contributed by atoms with E-state index in [0.29, 0.717) is 0 Å². The Morgan fingerprint density at radius 3 is 0.717 bits per heavy atom. The van der Waals surface area contributed by atoms with E-state index in [9.17, 15) is 71.9 Å². The van der Waals surface area contributed by atoms with E-state index in [1.54, 1.807) is 0 Å². The van der Waals surface area contributed by atoms with Crippen molar-refractivity contribution in [3.63, 3.8) is 0 Å². The number of nitrogens with two attached hydrogens (primary N) is 1. The second-order valence-corrected chi connectivity index (χ2v) is 25.9. The molecule has 0 saturated carbocycles. The molecule has 43 nitrogen and oxygen atoms in total. The van der Waals surface area contributed by atoms with E-state index in [0.717, 1.165) is 62.3 Å². The van der Waals surface area contributed by atoms with Gasteiger partial charge in [0.2, 0.25) is 35.4 Å². The second kappa shape index (κ2) is 54.3. The molecule has 0 aliphatic carbocycles. The van der Waals surface area contributed by atoms with E-state index in [-0.39, 0.29) is 157 Å². The lowest BCUT2D eigenvalue weighted by atomic mass is 9.84. The van der Waals surface area contributed by atoms with Crippen molar-refractivity contribution in [1.29, 1.82) is 0 Å². The van der Waals surface area contributed by atoms with Crippen LogP contribution in [0.1, 0.15) is 122 Å². The summed E-state index contributed by atoms with van der Waals surface area (Å²) >= 11 is 0. The Labute approximate surface area is 653 Å². The van der Waals surface area contributed by atoms with Gasteiger partial charge in [0, 0.05) is 128 Å². The first-order valence-corrected chi connectivity index (χ1v) is 36.7. The van der Waals surface area contributed by atoms with Gasteiger partial charge in [-0.1, -0.05) is 0 Å². The van der Waals surface area contributed by atoms with Crippen molar-refractivity contribution in [2.24, 2.45) is 5.73 Å². The van der Waals surface area contributed by atoms with Gasteiger partial charge in [-0.15, -0.1) is 0 Å². The molecule has 6 amide bonds. The molecular formula is C70H113N7O36. The molecule has 0 radical (unpaired) electrons. The molecule has 113 heavy (non-hydrogen) atoms. The molecule has 43 heteroatoms. The lowest BCUT2D eigenvalue weighted by Gasteiger charge is -2.44. The number of esters is 9. The summed E-state index contributed by atoms with van der Waals surface area (Å²) < 4.78 is 117. The lowest BCUT2D eigenvalue weighted by Crippen LogP contribution is -2.66. The minimum absolute atomic E-state index is 0.0155. The molecule has 8 N–H and O–H groups in total. The summed E-state index contributed by atoms with van der Waals surface area (Å²) in [4.78, 5) is 184. The maximum absolute atomic E-state index is 13.2. The fraction of sp³-hybridized carbons (Fsp3) is 0.786. The Morgan fingerprint density at radius 2 is 0.504 bits per heavy atom. The fourth-order valence-electron chi connectivity index (χ4n) is 11.5. The van der Waals surface area contributed by atoms with Crippen LogP contribution >= 0.6 is 0 Å². The van der Waals surface area contributed by atoms with Gasteiger partial charge in [0.05, 0.1) is 99.1 Å². The summed E-state index contributed by atoms with van der Waals surface area (Å²) in [6.45, 7) is 13.2. The molecular weight excluding hydrogens is 1510 g/mol. The molecule has 3 aliphatic heterocycles. The molecule has 0 spiro atoms. The summed E-state index contributed by atoms with van der Waals surface area (Å²) in [6.07, 6.45) is -15.3. The van der Waals surface area contributed by atoms with Gasteiger partial charge in [-0.3, -0.25) is 71.9 Å². The molecule has 0 aromatic carbocycles. The van der Waals surface area contributed by atoms with Gasteiger partial charge >= 0.3 is 53.7 Å². The van der Waals surface area contributed by atoms with Crippen molar-refractivity contribution < 1.29 is 171 Å². The Bertz CT molecular complexity index is 2730. The molecule has 3 heterocycles. The largest absolute Gasteiger partial charge is 0.463 e. The van der Waals surface area contributed by atoms with E-state index in [4.69, 9.17) is 105 Å². The third-order valence-electron chi connectivity index (χ3n) is 16.1. The van der Waals surface area contributed by atoms with Crippen LogP contribution in [0.25, 0.3) is 0 Å². The van der Waals surface area contributed by atoms with Crippen molar-refractivity contribution in [2.45, 2.75) is 219 Å². The number of carbonyl (C=O) groups is 15. The summed E-state index contributed by atoms with van der Waals surface area (Å²) in [5.74, 6) is -9.44. The predicted molar refractivity (Wildman–Crippen MR) is 378 cm³/mol. The van der Waals surface area contributed by atoms with Crippen LogP contribution in [-0.2, 0) is 171 Å². The Kier molecular flexibility index (Phi) is 47.5. The molecule has 3 saturated heterocycles. The summed E-state index contributed by atoms with van der Waals surface area (Å²) in [5.41, 5.74) is 5.70. The minimum Gasteiger partial charge on any atom is -0.463 e. The normalized spacial score (nSPS) is 23.7. The van der Waals surface area contributed by atoms with Gasteiger partial charge in [0.1, 0.15) is 56.3 Å². The van der Waals surface area contributed by atoms with Crippen LogP contribution in [-0.4, -0.2) is 325 Å². The smallest absolute Gasteiger partial charge is 0.303 e. The molecule has 0 aromatic rings. The maximum atomic E-state index is 13.2. The van der Waals surface area contributed by atoms with Crippen molar-refractivity contribution in [1.82, 2.24) is 31.9 Å². The van der Waals surface area contributed by atoms with E-state index < -0.39 is 206 Å². The fourth-order valence-corrected chi connectivity index (χ4v) is 11.5. The number of hydrogen-bond donors (Lipinski definition) is 7. The predicted octanol–water partition coefficient (Wildman–Crippen LogP) is -3.51. The number of rotatable bonds is 54. The van der Waals surface area contributed by atoms with Crippen molar-refractivity contribution in [2.75, 3.05) is 139 Å². The first-order chi connectivity index (χ1) is 53.6. The number of ether oxygens (including phenoxy) is 21. The first kappa shape index (κ1) is 98.7. The number of hydrogen-bond acceptors (Lipinski definition) is 37. The number of nitrogens with one attached hydrogen (secondary N) is 6. The van der Waals surface area contributed by atoms with E-state index in [2.05, 4.69) is 31.9 Å². The second-order valence-electron chi connectivity index (χ2n) is 25.9. The maximum Gasteiger partial charge on any atom is 0.303 e. The van der Waals surface area contributed by atoms with Crippen LogP contribution in [0.3, 0.4) is 0 Å². The van der Waals surface area contributed by atoms with Crippen LogP contribution < -0.4 is 37.6 Å². The zero-order valence-electron chi connectivity index (χ0n) is 66.0. The number of carbonyl (C=O) groups excluding carboxylic acids is 15. The van der Waals surface area contributed by atoms with Crippen LogP contribution in [0.2, 0.25) is 0 Å². The zero-order valence-corrected chi connectivity index (χ0v) is 66.0. The Morgan fingerprint density at radius 1 is 0.292 bits per heavy atom. The minimum atomic E-state index is -1.31. The van der Waals surface area contributed by atoms with Crippen LogP contribution in [0.15, 0.2) is 0 Å². The van der Waals surface area contributed by atoms with Gasteiger partial charge < -0.3 is 137 Å². The Balaban J connectivity index is 1.52. The van der Waals surface area contributed by atoms with Crippen molar-refractivity contribution in [3.05, 3.63) is 0 Å². The van der Waals surface area contributed by atoms with Crippen molar-refractivity contribution in [3.8, 4) is 0 Å². The highest BCUT2D eigenvalue weighted by Crippen LogP contribution is 2.32. The van der Waals surface area contributed by atoms with Crippen LogP contribution in [0.4, 0.5) is 0 Å². The highest BCUT2D eigenvalue weighted by Gasteiger charge is 2.54. The zero-order chi connectivity index (χ0) is 84.0. The van der Waals surface area contributed by atoms with Crippen LogP contribution in [0, 0.1) is 0 Å². The summed E-state index contributed by atoms with van der Waals surface area (Å²) in [7, 11) is 0.